The Bertz CT molecular complexity index is 508. The molecule has 0 saturated heterocycles. The summed E-state index contributed by atoms with van der Waals surface area (Å²) in [5, 5.41) is 0. The fourth-order valence-corrected chi connectivity index (χ4v) is 3.28. The maximum atomic E-state index is 11.8. The van der Waals surface area contributed by atoms with Crippen molar-refractivity contribution in [3.05, 3.63) is 41.5 Å². The van der Waals surface area contributed by atoms with Gasteiger partial charge in [0, 0.05) is 16.6 Å². The van der Waals surface area contributed by atoms with Gasteiger partial charge < -0.3 is 5.73 Å². The van der Waals surface area contributed by atoms with Crippen molar-refractivity contribution in [1.29, 1.82) is 0 Å². The van der Waals surface area contributed by atoms with E-state index < -0.39 is 16.7 Å². The van der Waals surface area contributed by atoms with Gasteiger partial charge in [0.05, 0.1) is 0 Å². The van der Waals surface area contributed by atoms with Crippen molar-refractivity contribution in [2.75, 3.05) is 5.75 Å². The molecular formula is C14H17NO2S. The normalized spacial score (nSPS) is 16.3. The molecule has 2 rings (SSSR count). The van der Waals surface area contributed by atoms with Crippen molar-refractivity contribution in [3.8, 4) is 0 Å². The summed E-state index contributed by atoms with van der Waals surface area (Å²) in [6, 6.07) is 7.98. The lowest BCUT2D eigenvalue weighted by Crippen LogP contribution is -2.20. The zero-order valence-electron chi connectivity index (χ0n) is 10.2. The van der Waals surface area contributed by atoms with E-state index in [0.717, 1.165) is 18.4 Å². The second kappa shape index (κ2) is 5.96. The second-order valence-electron chi connectivity index (χ2n) is 4.47. The third kappa shape index (κ3) is 3.29. The maximum Gasteiger partial charge on any atom is 0.230 e. The van der Waals surface area contributed by atoms with Crippen molar-refractivity contribution in [1.82, 2.24) is 0 Å². The lowest BCUT2D eigenvalue weighted by atomic mass is 10.0. The number of carbonyl (C=O) groups excluding carboxylic acids is 1. The van der Waals surface area contributed by atoms with E-state index in [-0.39, 0.29) is 5.75 Å². The van der Waals surface area contributed by atoms with Crippen LogP contribution in [0.2, 0.25) is 0 Å². The number of nitrogens with two attached hydrogens (primary N) is 1. The van der Waals surface area contributed by atoms with Crippen LogP contribution in [0.1, 0.15) is 30.4 Å². The Morgan fingerprint density at radius 1 is 1.33 bits per heavy atom. The van der Waals surface area contributed by atoms with Gasteiger partial charge in [0.25, 0.3) is 0 Å². The van der Waals surface area contributed by atoms with E-state index in [1.165, 1.54) is 17.6 Å². The summed E-state index contributed by atoms with van der Waals surface area (Å²) >= 11 is 0. The molecule has 1 atom stereocenters. The Kier molecular flexibility index (Phi) is 4.31. The van der Waals surface area contributed by atoms with E-state index >= 15 is 0 Å². The Hall–Kier alpha value is -1.42. The number of primary amides is 1. The Labute approximate surface area is 110 Å². The highest BCUT2D eigenvalue weighted by Gasteiger charge is 2.13. The van der Waals surface area contributed by atoms with E-state index in [1.807, 2.05) is 18.2 Å². The van der Waals surface area contributed by atoms with Gasteiger partial charge in [0.1, 0.15) is 5.75 Å². The predicted octanol–water partition coefficient (Wildman–Crippen LogP) is 1.99. The molecular weight excluding hydrogens is 246 g/mol. The Morgan fingerprint density at radius 3 is 2.78 bits per heavy atom. The van der Waals surface area contributed by atoms with Gasteiger partial charge >= 0.3 is 0 Å². The van der Waals surface area contributed by atoms with E-state index in [4.69, 9.17) is 5.73 Å². The molecule has 0 saturated carbocycles. The highest BCUT2D eigenvalue weighted by Crippen LogP contribution is 2.30. The zero-order chi connectivity index (χ0) is 13.0. The lowest BCUT2D eigenvalue weighted by Gasteiger charge is -2.09. The summed E-state index contributed by atoms with van der Waals surface area (Å²) in [7, 11) is -1.21. The van der Waals surface area contributed by atoms with Crippen LogP contribution in [0.5, 0.6) is 0 Å². The number of carbonyl (C=O) groups is 1. The molecule has 18 heavy (non-hydrogen) atoms. The summed E-state index contributed by atoms with van der Waals surface area (Å²) in [6.45, 7) is 0. The minimum Gasteiger partial charge on any atom is -0.369 e. The SMILES string of the molecule is NC(=O)C[S@@](=O)Cc1ccccc1C1=CCCC1. The van der Waals surface area contributed by atoms with Crippen molar-refractivity contribution in [2.45, 2.75) is 25.0 Å². The van der Waals surface area contributed by atoms with Crippen molar-refractivity contribution in [2.24, 2.45) is 5.73 Å². The van der Waals surface area contributed by atoms with Gasteiger partial charge in [-0.15, -0.1) is 0 Å². The third-order valence-electron chi connectivity index (χ3n) is 3.02. The van der Waals surface area contributed by atoms with Crippen LogP contribution in [0.25, 0.3) is 5.57 Å². The van der Waals surface area contributed by atoms with Crippen molar-refractivity contribution < 1.29 is 9.00 Å². The number of hydrogen-bond acceptors (Lipinski definition) is 2. The summed E-state index contributed by atoms with van der Waals surface area (Å²) in [5.41, 5.74) is 8.62. The first kappa shape index (κ1) is 13.0. The molecule has 1 aliphatic rings. The molecule has 0 heterocycles. The molecule has 0 spiro atoms. The molecule has 0 radical (unpaired) electrons. The van der Waals surface area contributed by atoms with Gasteiger partial charge in [0.15, 0.2) is 0 Å². The molecule has 1 aliphatic carbocycles. The molecule has 3 nitrogen and oxygen atoms in total. The largest absolute Gasteiger partial charge is 0.369 e. The molecule has 1 aromatic carbocycles. The smallest absolute Gasteiger partial charge is 0.230 e. The summed E-state index contributed by atoms with van der Waals surface area (Å²) < 4.78 is 11.8. The van der Waals surface area contributed by atoms with Crippen LogP contribution in [0, 0.1) is 0 Å². The molecule has 96 valence electrons. The van der Waals surface area contributed by atoms with E-state index in [0.29, 0.717) is 5.75 Å². The highest BCUT2D eigenvalue weighted by molar-refractivity contribution is 7.84. The molecule has 0 unspecified atom stereocenters. The van der Waals surface area contributed by atoms with Crippen molar-refractivity contribution >= 4 is 22.3 Å². The maximum absolute atomic E-state index is 11.8. The number of rotatable bonds is 5. The fourth-order valence-electron chi connectivity index (χ4n) is 2.26. The van der Waals surface area contributed by atoms with Crippen LogP contribution < -0.4 is 5.73 Å². The molecule has 2 N–H and O–H groups in total. The number of hydrogen-bond donors (Lipinski definition) is 1. The van der Waals surface area contributed by atoms with Crippen LogP contribution in [-0.2, 0) is 21.3 Å². The molecule has 0 fully saturated rings. The van der Waals surface area contributed by atoms with Gasteiger partial charge in [-0.1, -0.05) is 30.3 Å². The number of amides is 1. The van der Waals surface area contributed by atoms with Gasteiger partial charge in [-0.3, -0.25) is 9.00 Å². The molecule has 1 aromatic rings. The fraction of sp³-hybridized carbons (Fsp3) is 0.357. The average Bonchev–Trinajstić information content (AvgIpc) is 2.81. The van der Waals surface area contributed by atoms with Crippen molar-refractivity contribution in [3.63, 3.8) is 0 Å². The topological polar surface area (TPSA) is 60.2 Å². The molecule has 0 bridgehead atoms. The van der Waals surface area contributed by atoms with Gasteiger partial charge in [0.2, 0.25) is 5.91 Å². The van der Waals surface area contributed by atoms with Crippen LogP contribution in [0.15, 0.2) is 30.3 Å². The third-order valence-corrected chi connectivity index (χ3v) is 4.26. The standard InChI is InChI=1S/C14H17NO2S/c15-14(16)10-18(17)9-12-7-3-4-8-13(12)11-5-1-2-6-11/h3-5,7-8H,1-2,6,9-10H2,(H2,15,16)/t18-/m0/s1. The lowest BCUT2D eigenvalue weighted by molar-refractivity contribution is -0.115. The molecule has 4 heteroatoms. The first-order valence-corrected chi connectivity index (χ1v) is 7.56. The quantitative estimate of drug-likeness (QED) is 0.883. The summed E-state index contributed by atoms with van der Waals surface area (Å²) in [5.74, 6) is -0.171. The van der Waals surface area contributed by atoms with E-state index in [1.54, 1.807) is 0 Å². The summed E-state index contributed by atoms with van der Waals surface area (Å²) in [4.78, 5) is 10.8. The van der Waals surface area contributed by atoms with Crippen LogP contribution in [0.3, 0.4) is 0 Å². The van der Waals surface area contributed by atoms with Gasteiger partial charge in [-0.25, -0.2) is 0 Å². The van der Waals surface area contributed by atoms with E-state index in [9.17, 15) is 9.00 Å². The van der Waals surface area contributed by atoms with Crippen LogP contribution >= 0.6 is 0 Å². The average molecular weight is 263 g/mol. The predicted molar refractivity (Wildman–Crippen MR) is 74.2 cm³/mol. The summed E-state index contributed by atoms with van der Waals surface area (Å²) in [6.07, 6.45) is 5.64. The second-order valence-corrected chi connectivity index (χ2v) is 5.93. The molecule has 1 amide bonds. The first-order chi connectivity index (χ1) is 8.66. The minimum atomic E-state index is -1.21. The first-order valence-electron chi connectivity index (χ1n) is 6.07. The molecule has 0 aliphatic heterocycles. The Morgan fingerprint density at radius 2 is 2.11 bits per heavy atom. The van der Waals surface area contributed by atoms with E-state index in [2.05, 4.69) is 12.1 Å². The monoisotopic (exact) mass is 263 g/mol. The minimum absolute atomic E-state index is 0.0621. The number of allylic oxidation sites excluding steroid dienone is 2. The van der Waals surface area contributed by atoms with Gasteiger partial charge in [-0.05, 0) is 36.0 Å². The molecule has 0 aromatic heterocycles. The zero-order valence-corrected chi connectivity index (χ0v) is 11.0. The van der Waals surface area contributed by atoms with Crippen LogP contribution in [0.4, 0.5) is 0 Å². The number of benzene rings is 1. The highest BCUT2D eigenvalue weighted by atomic mass is 32.2. The van der Waals surface area contributed by atoms with Crippen LogP contribution in [-0.4, -0.2) is 15.9 Å². The van der Waals surface area contributed by atoms with Gasteiger partial charge in [-0.2, -0.15) is 0 Å². The Balaban J connectivity index is 2.17.